The summed E-state index contributed by atoms with van der Waals surface area (Å²) < 4.78 is 37.6. The smallest absolute Gasteiger partial charge is 0.238 e. The summed E-state index contributed by atoms with van der Waals surface area (Å²) >= 11 is 12.2. The molecule has 0 unspecified atom stereocenters. The molecule has 0 atom stereocenters. The van der Waals surface area contributed by atoms with Crippen LogP contribution in [0.25, 0.3) is 11.5 Å². The SMILES string of the molecule is COc1ccc(Nc2oc(-c3ccccc3Cl)nc2S(=O)(=O)c2ccc(Cl)cc2)cc1. The molecule has 3 aromatic carbocycles. The number of rotatable bonds is 6. The standard InChI is InChI=1S/C22H16Cl2N2O4S/c1-29-16-10-8-15(9-11-16)25-21-22(31(27,28)17-12-6-14(23)7-13-17)26-20(30-21)18-4-2-3-5-19(18)24/h2-13,25H,1H3. The number of sulfone groups is 1. The molecule has 0 bridgehead atoms. The van der Waals surface area contributed by atoms with Crippen molar-refractivity contribution in [3.8, 4) is 17.2 Å². The molecule has 31 heavy (non-hydrogen) atoms. The van der Waals surface area contributed by atoms with Gasteiger partial charge in [-0.1, -0.05) is 35.3 Å². The lowest BCUT2D eigenvalue weighted by molar-refractivity contribution is 0.415. The van der Waals surface area contributed by atoms with Crippen LogP contribution in [0.3, 0.4) is 0 Å². The van der Waals surface area contributed by atoms with Gasteiger partial charge in [0.1, 0.15) is 5.75 Å². The van der Waals surface area contributed by atoms with Crippen LogP contribution in [-0.4, -0.2) is 20.5 Å². The third-order valence-electron chi connectivity index (χ3n) is 4.43. The van der Waals surface area contributed by atoms with Crippen LogP contribution in [0, 0.1) is 0 Å². The fourth-order valence-electron chi connectivity index (χ4n) is 2.85. The molecule has 0 saturated heterocycles. The molecule has 4 rings (SSSR count). The van der Waals surface area contributed by atoms with Crippen LogP contribution in [0.4, 0.5) is 11.6 Å². The molecule has 158 valence electrons. The Morgan fingerprint density at radius 1 is 0.935 bits per heavy atom. The van der Waals surface area contributed by atoms with Gasteiger partial charge >= 0.3 is 0 Å². The zero-order valence-corrected chi connectivity index (χ0v) is 18.5. The molecule has 1 N–H and O–H groups in total. The van der Waals surface area contributed by atoms with Crippen molar-refractivity contribution in [3.63, 3.8) is 0 Å². The van der Waals surface area contributed by atoms with Crippen LogP contribution in [0.1, 0.15) is 0 Å². The molecule has 9 heteroatoms. The number of aromatic nitrogens is 1. The predicted octanol–water partition coefficient (Wildman–Crippen LogP) is 6.23. The molecular weight excluding hydrogens is 459 g/mol. The summed E-state index contributed by atoms with van der Waals surface area (Å²) in [6.07, 6.45) is 0. The number of nitrogens with one attached hydrogen (secondary N) is 1. The molecule has 0 radical (unpaired) electrons. The minimum atomic E-state index is -4.01. The third kappa shape index (κ3) is 4.39. The summed E-state index contributed by atoms with van der Waals surface area (Å²) in [5, 5.41) is 3.53. The second-order valence-corrected chi connectivity index (χ2v) is 9.15. The van der Waals surface area contributed by atoms with E-state index in [9.17, 15) is 8.42 Å². The molecule has 1 heterocycles. The first-order valence-electron chi connectivity index (χ1n) is 9.06. The predicted molar refractivity (Wildman–Crippen MR) is 120 cm³/mol. The molecule has 0 fully saturated rings. The van der Waals surface area contributed by atoms with Crippen molar-refractivity contribution in [1.82, 2.24) is 4.98 Å². The number of hydrogen-bond acceptors (Lipinski definition) is 6. The lowest BCUT2D eigenvalue weighted by atomic mass is 10.2. The molecule has 0 aliphatic carbocycles. The number of nitrogens with zero attached hydrogens (tertiary/aromatic N) is 1. The summed E-state index contributed by atoms with van der Waals surface area (Å²) in [6.45, 7) is 0. The van der Waals surface area contributed by atoms with Crippen molar-refractivity contribution in [2.45, 2.75) is 9.92 Å². The van der Waals surface area contributed by atoms with Crippen LogP contribution in [-0.2, 0) is 9.84 Å². The molecule has 0 amide bonds. The van der Waals surface area contributed by atoms with Gasteiger partial charge in [0.15, 0.2) is 0 Å². The van der Waals surface area contributed by atoms with Crippen LogP contribution in [0.5, 0.6) is 5.75 Å². The van der Waals surface area contributed by atoms with Crippen molar-refractivity contribution in [1.29, 1.82) is 0 Å². The Kier molecular flexibility index (Phi) is 5.91. The molecule has 0 saturated carbocycles. The Labute approximate surface area is 189 Å². The number of halogens is 2. The fraction of sp³-hybridized carbons (Fsp3) is 0.0455. The van der Waals surface area contributed by atoms with Crippen LogP contribution >= 0.6 is 23.2 Å². The summed E-state index contributed by atoms with van der Waals surface area (Å²) in [6, 6.07) is 19.7. The number of oxazole rings is 1. The summed E-state index contributed by atoms with van der Waals surface area (Å²) in [7, 11) is -2.45. The first-order chi connectivity index (χ1) is 14.9. The molecule has 1 aromatic heterocycles. The Morgan fingerprint density at radius 3 is 2.26 bits per heavy atom. The third-order valence-corrected chi connectivity index (χ3v) is 6.69. The Balaban J connectivity index is 1.83. The van der Waals surface area contributed by atoms with E-state index in [4.69, 9.17) is 32.4 Å². The Bertz CT molecular complexity index is 1320. The normalized spacial score (nSPS) is 11.3. The number of anilines is 2. The lowest BCUT2D eigenvalue weighted by Gasteiger charge is -2.07. The zero-order chi connectivity index (χ0) is 22.0. The first kappa shape index (κ1) is 21.2. The van der Waals surface area contributed by atoms with E-state index in [1.54, 1.807) is 55.6 Å². The van der Waals surface area contributed by atoms with Crippen molar-refractivity contribution < 1.29 is 17.6 Å². The van der Waals surface area contributed by atoms with E-state index in [0.29, 0.717) is 27.0 Å². The molecule has 4 aromatic rings. The summed E-state index contributed by atoms with van der Waals surface area (Å²) in [4.78, 5) is 4.32. The maximum absolute atomic E-state index is 13.3. The van der Waals surface area contributed by atoms with E-state index < -0.39 is 9.84 Å². The molecule has 0 aliphatic heterocycles. The number of benzene rings is 3. The number of methoxy groups -OCH3 is 1. The second kappa shape index (κ2) is 8.63. The van der Waals surface area contributed by atoms with Gasteiger partial charge in [-0.15, -0.1) is 0 Å². The van der Waals surface area contributed by atoms with Gasteiger partial charge in [-0.3, -0.25) is 0 Å². The van der Waals surface area contributed by atoms with Crippen molar-refractivity contribution >= 4 is 44.6 Å². The van der Waals surface area contributed by atoms with Gasteiger partial charge in [0, 0.05) is 10.7 Å². The number of hydrogen-bond donors (Lipinski definition) is 1. The van der Waals surface area contributed by atoms with E-state index in [-0.39, 0.29) is 21.7 Å². The van der Waals surface area contributed by atoms with Gasteiger partial charge in [0.25, 0.3) is 0 Å². The molecular formula is C22H16Cl2N2O4S. The van der Waals surface area contributed by atoms with Gasteiger partial charge in [-0.25, -0.2) is 8.42 Å². The van der Waals surface area contributed by atoms with Gasteiger partial charge < -0.3 is 14.5 Å². The van der Waals surface area contributed by atoms with Gasteiger partial charge in [0.2, 0.25) is 26.6 Å². The highest BCUT2D eigenvalue weighted by molar-refractivity contribution is 7.91. The topological polar surface area (TPSA) is 81.4 Å². The van der Waals surface area contributed by atoms with E-state index in [2.05, 4.69) is 10.3 Å². The van der Waals surface area contributed by atoms with Crippen molar-refractivity contribution in [2.24, 2.45) is 0 Å². The second-order valence-electron chi connectivity index (χ2n) is 6.44. The van der Waals surface area contributed by atoms with Crippen LogP contribution in [0.2, 0.25) is 10.0 Å². The zero-order valence-electron chi connectivity index (χ0n) is 16.2. The first-order valence-corrected chi connectivity index (χ1v) is 11.3. The highest BCUT2D eigenvalue weighted by atomic mass is 35.5. The number of ether oxygens (including phenoxy) is 1. The minimum absolute atomic E-state index is 0.0324. The van der Waals surface area contributed by atoms with E-state index in [1.807, 2.05) is 0 Å². The van der Waals surface area contributed by atoms with Gasteiger partial charge in [-0.05, 0) is 60.7 Å². The van der Waals surface area contributed by atoms with E-state index in [0.717, 1.165) is 0 Å². The summed E-state index contributed by atoms with van der Waals surface area (Å²) in [5.74, 6) is 0.707. The maximum Gasteiger partial charge on any atom is 0.238 e. The highest BCUT2D eigenvalue weighted by Gasteiger charge is 2.29. The lowest BCUT2D eigenvalue weighted by Crippen LogP contribution is -2.05. The fourth-order valence-corrected chi connectivity index (χ4v) is 4.45. The Hall–Kier alpha value is -3.00. The Morgan fingerprint density at radius 2 is 1.61 bits per heavy atom. The quantitative estimate of drug-likeness (QED) is 0.356. The molecule has 6 nitrogen and oxygen atoms in total. The van der Waals surface area contributed by atoms with Crippen LogP contribution in [0.15, 0.2) is 87.1 Å². The minimum Gasteiger partial charge on any atom is -0.497 e. The van der Waals surface area contributed by atoms with Gasteiger partial charge in [-0.2, -0.15) is 4.98 Å². The van der Waals surface area contributed by atoms with Crippen molar-refractivity contribution in [3.05, 3.63) is 82.8 Å². The molecule has 0 spiro atoms. The molecule has 0 aliphatic rings. The van der Waals surface area contributed by atoms with E-state index >= 15 is 0 Å². The van der Waals surface area contributed by atoms with Crippen LogP contribution < -0.4 is 10.1 Å². The largest absolute Gasteiger partial charge is 0.497 e. The van der Waals surface area contributed by atoms with E-state index in [1.165, 1.54) is 24.3 Å². The van der Waals surface area contributed by atoms with Gasteiger partial charge in [0.05, 0.1) is 22.6 Å². The van der Waals surface area contributed by atoms with Crippen molar-refractivity contribution in [2.75, 3.05) is 12.4 Å². The average molecular weight is 475 g/mol. The highest BCUT2D eigenvalue weighted by Crippen LogP contribution is 2.36. The summed E-state index contributed by atoms with van der Waals surface area (Å²) in [5.41, 5.74) is 1.06. The average Bonchev–Trinajstić information content (AvgIpc) is 3.19. The monoisotopic (exact) mass is 474 g/mol. The maximum atomic E-state index is 13.3.